The molecule has 0 fully saturated rings. The van der Waals surface area contributed by atoms with E-state index in [1.54, 1.807) is 23.9 Å². The highest BCUT2D eigenvalue weighted by molar-refractivity contribution is 5.58. The molecule has 0 aliphatic carbocycles. The minimum Gasteiger partial charge on any atom is -0.353 e. The second-order valence-corrected chi connectivity index (χ2v) is 3.49. The smallest absolute Gasteiger partial charge is 0.128 e. The number of aromatic nitrogens is 2. The fourth-order valence-electron chi connectivity index (χ4n) is 1.32. The van der Waals surface area contributed by atoms with Crippen molar-refractivity contribution in [3.8, 4) is 0 Å². The van der Waals surface area contributed by atoms with Gasteiger partial charge in [-0.3, -0.25) is 4.68 Å². The van der Waals surface area contributed by atoms with Gasteiger partial charge < -0.3 is 5.32 Å². The monoisotopic (exact) mass is 205 g/mol. The first-order chi connectivity index (χ1) is 7.15. The minimum absolute atomic E-state index is 0.205. The van der Waals surface area contributed by atoms with Crippen LogP contribution >= 0.6 is 0 Å². The topological polar surface area (TPSA) is 29.9 Å². The van der Waals surface area contributed by atoms with Crippen LogP contribution in [-0.4, -0.2) is 9.78 Å². The van der Waals surface area contributed by atoms with Gasteiger partial charge in [-0.1, -0.05) is 6.07 Å². The first kappa shape index (κ1) is 9.71. The van der Waals surface area contributed by atoms with Gasteiger partial charge in [0.1, 0.15) is 5.82 Å². The molecule has 0 radical (unpaired) electrons. The molecule has 0 saturated heterocycles. The van der Waals surface area contributed by atoms with E-state index in [1.807, 2.05) is 19.3 Å². The largest absolute Gasteiger partial charge is 0.353 e. The van der Waals surface area contributed by atoms with E-state index in [-0.39, 0.29) is 5.82 Å². The number of benzene rings is 1. The van der Waals surface area contributed by atoms with Gasteiger partial charge in [0.05, 0.1) is 11.9 Å². The standard InChI is InChI=1S/C11H12FN3/c1-8-3-4-9(5-11(8)12)14-10-6-13-15(2)7-10/h3-7,14H,1-2H3. The van der Waals surface area contributed by atoms with E-state index in [0.717, 1.165) is 11.4 Å². The van der Waals surface area contributed by atoms with Crippen LogP contribution in [0.15, 0.2) is 30.6 Å². The molecule has 1 heterocycles. The zero-order valence-corrected chi connectivity index (χ0v) is 8.66. The van der Waals surface area contributed by atoms with Crippen molar-refractivity contribution in [2.75, 3.05) is 5.32 Å². The Labute approximate surface area is 87.5 Å². The third-order valence-corrected chi connectivity index (χ3v) is 2.17. The normalized spacial score (nSPS) is 10.3. The van der Waals surface area contributed by atoms with Crippen LogP contribution in [0.1, 0.15) is 5.56 Å². The molecular formula is C11H12FN3. The summed E-state index contributed by atoms with van der Waals surface area (Å²) in [6.07, 6.45) is 3.52. The van der Waals surface area contributed by atoms with E-state index in [4.69, 9.17) is 0 Å². The minimum atomic E-state index is -0.205. The molecular weight excluding hydrogens is 193 g/mol. The summed E-state index contributed by atoms with van der Waals surface area (Å²) in [5.41, 5.74) is 2.22. The van der Waals surface area contributed by atoms with E-state index >= 15 is 0 Å². The molecule has 0 amide bonds. The van der Waals surface area contributed by atoms with Gasteiger partial charge in [0, 0.05) is 18.9 Å². The summed E-state index contributed by atoms with van der Waals surface area (Å²) in [6.45, 7) is 1.74. The summed E-state index contributed by atoms with van der Waals surface area (Å²) >= 11 is 0. The molecule has 2 aromatic rings. The first-order valence-corrected chi connectivity index (χ1v) is 4.67. The Kier molecular flexibility index (Phi) is 2.41. The fourth-order valence-corrected chi connectivity index (χ4v) is 1.32. The number of aryl methyl sites for hydroxylation is 2. The highest BCUT2D eigenvalue weighted by Crippen LogP contribution is 2.18. The van der Waals surface area contributed by atoms with Crippen molar-refractivity contribution >= 4 is 11.4 Å². The summed E-state index contributed by atoms with van der Waals surface area (Å²) in [5, 5.41) is 7.08. The Bertz CT molecular complexity index is 476. The molecule has 4 heteroatoms. The summed E-state index contributed by atoms with van der Waals surface area (Å²) in [7, 11) is 1.83. The van der Waals surface area contributed by atoms with E-state index < -0.39 is 0 Å². The van der Waals surface area contributed by atoms with Gasteiger partial charge >= 0.3 is 0 Å². The zero-order valence-electron chi connectivity index (χ0n) is 8.66. The second kappa shape index (κ2) is 3.73. The van der Waals surface area contributed by atoms with Crippen LogP contribution in [0.2, 0.25) is 0 Å². The van der Waals surface area contributed by atoms with Crippen molar-refractivity contribution in [1.29, 1.82) is 0 Å². The van der Waals surface area contributed by atoms with Gasteiger partial charge in [-0.05, 0) is 24.6 Å². The molecule has 0 aliphatic rings. The van der Waals surface area contributed by atoms with Crippen molar-refractivity contribution in [1.82, 2.24) is 9.78 Å². The molecule has 0 aliphatic heterocycles. The number of nitrogens with zero attached hydrogens (tertiary/aromatic N) is 2. The lowest BCUT2D eigenvalue weighted by Crippen LogP contribution is -1.91. The SMILES string of the molecule is Cc1ccc(Nc2cnn(C)c2)cc1F. The lowest BCUT2D eigenvalue weighted by atomic mass is 10.2. The van der Waals surface area contributed by atoms with Crippen LogP contribution in [0.5, 0.6) is 0 Å². The third-order valence-electron chi connectivity index (χ3n) is 2.17. The second-order valence-electron chi connectivity index (χ2n) is 3.49. The van der Waals surface area contributed by atoms with Crippen LogP contribution in [0.4, 0.5) is 15.8 Å². The van der Waals surface area contributed by atoms with Crippen molar-refractivity contribution in [2.45, 2.75) is 6.92 Å². The molecule has 2 rings (SSSR count). The Hall–Kier alpha value is -1.84. The Morgan fingerprint density at radius 3 is 2.73 bits per heavy atom. The molecule has 1 N–H and O–H groups in total. The van der Waals surface area contributed by atoms with Crippen LogP contribution in [0, 0.1) is 12.7 Å². The highest BCUT2D eigenvalue weighted by Gasteiger charge is 2.00. The van der Waals surface area contributed by atoms with Crippen molar-refractivity contribution < 1.29 is 4.39 Å². The fraction of sp³-hybridized carbons (Fsp3) is 0.182. The van der Waals surface area contributed by atoms with Crippen LogP contribution in [-0.2, 0) is 7.05 Å². The molecule has 1 aromatic heterocycles. The van der Waals surface area contributed by atoms with Crippen molar-refractivity contribution in [3.05, 3.63) is 42.0 Å². The van der Waals surface area contributed by atoms with Gasteiger partial charge in [-0.2, -0.15) is 5.10 Å². The van der Waals surface area contributed by atoms with E-state index in [9.17, 15) is 4.39 Å². The molecule has 0 unspecified atom stereocenters. The van der Waals surface area contributed by atoms with Gasteiger partial charge in [-0.25, -0.2) is 4.39 Å². The Balaban J connectivity index is 2.21. The molecule has 0 spiro atoms. The predicted octanol–water partition coefficient (Wildman–Crippen LogP) is 2.61. The summed E-state index contributed by atoms with van der Waals surface area (Å²) in [4.78, 5) is 0. The quantitative estimate of drug-likeness (QED) is 0.816. The molecule has 15 heavy (non-hydrogen) atoms. The molecule has 0 bridgehead atoms. The Morgan fingerprint density at radius 2 is 2.13 bits per heavy atom. The molecule has 0 saturated carbocycles. The summed E-state index contributed by atoms with van der Waals surface area (Å²) in [6, 6.07) is 5.06. The average Bonchev–Trinajstić information content (AvgIpc) is 2.58. The zero-order chi connectivity index (χ0) is 10.8. The number of rotatable bonds is 2. The van der Waals surface area contributed by atoms with Gasteiger partial charge in [0.25, 0.3) is 0 Å². The molecule has 0 atom stereocenters. The highest BCUT2D eigenvalue weighted by atomic mass is 19.1. The van der Waals surface area contributed by atoms with Crippen LogP contribution in [0.3, 0.4) is 0 Å². The lowest BCUT2D eigenvalue weighted by molar-refractivity contribution is 0.619. The van der Waals surface area contributed by atoms with E-state index in [2.05, 4.69) is 10.4 Å². The van der Waals surface area contributed by atoms with Crippen molar-refractivity contribution in [3.63, 3.8) is 0 Å². The molecule has 3 nitrogen and oxygen atoms in total. The number of nitrogens with one attached hydrogen (secondary N) is 1. The predicted molar refractivity (Wildman–Crippen MR) is 57.6 cm³/mol. The van der Waals surface area contributed by atoms with E-state index in [1.165, 1.54) is 6.07 Å². The maximum absolute atomic E-state index is 13.2. The number of halogens is 1. The van der Waals surface area contributed by atoms with Crippen molar-refractivity contribution in [2.24, 2.45) is 7.05 Å². The molecule has 78 valence electrons. The summed E-state index contributed by atoms with van der Waals surface area (Å²) in [5.74, 6) is -0.205. The van der Waals surface area contributed by atoms with Crippen LogP contribution < -0.4 is 5.32 Å². The van der Waals surface area contributed by atoms with Gasteiger partial charge in [-0.15, -0.1) is 0 Å². The third kappa shape index (κ3) is 2.15. The summed E-state index contributed by atoms with van der Waals surface area (Å²) < 4.78 is 14.9. The Morgan fingerprint density at radius 1 is 1.33 bits per heavy atom. The first-order valence-electron chi connectivity index (χ1n) is 4.67. The van der Waals surface area contributed by atoms with Crippen LogP contribution in [0.25, 0.3) is 0 Å². The van der Waals surface area contributed by atoms with Gasteiger partial charge in [0.2, 0.25) is 0 Å². The van der Waals surface area contributed by atoms with Gasteiger partial charge in [0.15, 0.2) is 0 Å². The average molecular weight is 205 g/mol. The lowest BCUT2D eigenvalue weighted by Gasteiger charge is -2.04. The number of hydrogen-bond acceptors (Lipinski definition) is 2. The number of anilines is 2. The molecule has 1 aromatic carbocycles. The van der Waals surface area contributed by atoms with E-state index in [0.29, 0.717) is 5.56 Å². The maximum atomic E-state index is 13.2. The maximum Gasteiger partial charge on any atom is 0.128 e. The number of hydrogen-bond donors (Lipinski definition) is 1.